The van der Waals surface area contributed by atoms with E-state index in [0.29, 0.717) is 47.6 Å². The largest absolute Gasteiger partial charge is 0.379 e. The van der Waals surface area contributed by atoms with Gasteiger partial charge >= 0.3 is 6.03 Å². The number of nitrogens with zero attached hydrogens (tertiary/aromatic N) is 3. The topological polar surface area (TPSA) is 88.0 Å². The molecule has 0 spiro atoms. The number of nitro benzene ring substituents is 1. The van der Waals surface area contributed by atoms with Gasteiger partial charge in [0.25, 0.3) is 5.69 Å². The molecule has 0 aliphatic carbocycles. The van der Waals surface area contributed by atoms with Crippen molar-refractivity contribution in [2.24, 2.45) is 0 Å². The lowest BCUT2D eigenvalue weighted by Crippen LogP contribution is -2.44. The molecule has 2 aromatic rings. The number of hydrogen-bond donors (Lipinski definition) is 1. The lowest BCUT2D eigenvalue weighted by molar-refractivity contribution is -0.385. The van der Waals surface area contributed by atoms with Gasteiger partial charge in [-0.05, 0) is 18.2 Å². The van der Waals surface area contributed by atoms with Crippen molar-refractivity contribution in [3.05, 3.63) is 68.2 Å². The Kier molecular flexibility index (Phi) is 7.87. The highest BCUT2D eigenvalue weighted by Crippen LogP contribution is 2.26. The molecule has 0 atom stereocenters. The van der Waals surface area contributed by atoms with Crippen molar-refractivity contribution in [3.63, 3.8) is 0 Å². The Bertz CT molecular complexity index is 906. The van der Waals surface area contributed by atoms with Crippen LogP contribution in [0.15, 0.2) is 42.5 Å². The number of nitro groups is 1. The lowest BCUT2D eigenvalue weighted by atomic mass is 10.1. The van der Waals surface area contributed by atoms with Gasteiger partial charge in [0.05, 0.1) is 35.4 Å². The minimum atomic E-state index is -0.441. The number of rotatable bonds is 7. The molecule has 1 saturated heterocycles. The summed E-state index contributed by atoms with van der Waals surface area (Å²) in [4.78, 5) is 27.7. The second-order valence-corrected chi connectivity index (χ2v) is 7.66. The molecule has 1 heterocycles. The molecular weight excluding hydrogens is 431 g/mol. The summed E-state index contributed by atoms with van der Waals surface area (Å²) in [5.41, 5.74) is 0.859. The minimum absolute atomic E-state index is 0.0220. The molecule has 0 aromatic heterocycles. The van der Waals surface area contributed by atoms with E-state index in [1.807, 2.05) is 0 Å². The SMILES string of the molecule is O=C(Nc1ccc(Cl)cc1Cl)N(CCN1CCOCC1)Cc1ccccc1[N+](=O)[O-]. The molecule has 0 saturated carbocycles. The molecule has 0 unspecified atom stereocenters. The Morgan fingerprint density at radius 2 is 1.93 bits per heavy atom. The van der Waals surface area contributed by atoms with Gasteiger partial charge in [0.15, 0.2) is 0 Å². The van der Waals surface area contributed by atoms with Gasteiger partial charge in [-0.2, -0.15) is 0 Å². The number of amides is 2. The predicted octanol–water partition coefficient (Wildman–Crippen LogP) is 4.27. The monoisotopic (exact) mass is 452 g/mol. The Labute approximate surface area is 184 Å². The van der Waals surface area contributed by atoms with E-state index < -0.39 is 11.0 Å². The van der Waals surface area contributed by atoms with Gasteiger partial charge in [-0.1, -0.05) is 41.4 Å². The average molecular weight is 453 g/mol. The zero-order chi connectivity index (χ0) is 21.5. The molecule has 2 aromatic carbocycles. The van der Waals surface area contributed by atoms with E-state index in [-0.39, 0.29) is 12.2 Å². The third-order valence-corrected chi connectivity index (χ3v) is 5.35. The van der Waals surface area contributed by atoms with Gasteiger partial charge in [-0.25, -0.2) is 4.79 Å². The van der Waals surface area contributed by atoms with Crippen LogP contribution in [-0.4, -0.2) is 60.1 Å². The first-order valence-electron chi connectivity index (χ1n) is 9.47. The van der Waals surface area contributed by atoms with Crippen molar-refractivity contribution >= 4 is 40.6 Å². The Morgan fingerprint density at radius 3 is 2.63 bits per heavy atom. The molecule has 1 fully saturated rings. The van der Waals surface area contributed by atoms with E-state index >= 15 is 0 Å². The average Bonchev–Trinajstić information content (AvgIpc) is 2.74. The smallest absolute Gasteiger partial charge is 0.322 e. The number of urea groups is 1. The maximum atomic E-state index is 13.0. The van der Waals surface area contributed by atoms with Crippen LogP contribution in [0.25, 0.3) is 0 Å². The fraction of sp³-hybridized carbons (Fsp3) is 0.350. The van der Waals surface area contributed by atoms with E-state index in [0.717, 1.165) is 13.1 Å². The summed E-state index contributed by atoms with van der Waals surface area (Å²) in [6, 6.07) is 10.8. The number of carbonyl (C=O) groups is 1. The Hall–Kier alpha value is -2.39. The number of ether oxygens (including phenoxy) is 1. The highest BCUT2D eigenvalue weighted by molar-refractivity contribution is 6.36. The summed E-state index contributed by atoms with van der Waals surface area (Å²) in [6.07, 6.45) is 0. The zero-order valence-electron chi connectivity index (χ0n) is 16.2. The maximum absolute atomic E-state index is 13.0. The van der Waals surface area contributed by atoms with Crippen molar-refractivity contribution in [3.8, 4) is 0 Å². The van der Waals surface area contributed by atoms with Crippen molar-refractivity contribution in [1.29, 1.82) is 0 Å². The quantitative estimate of drug-likeness (QED) is 0.500. The number of morpholine rings is 1. The van der Waals surface area contributed by atoms with Gasteiger partial charge in [0, 0.05) is 42.8 Å². The third-order valence-electron chi connectivity index (χ3n) is 4.80. The van der Waals surface area contributed by atoms with Crippen LogP contribution in [0.3, 0.4) is 0 Å². The molecular formula is C20H22Cl2N4O4. The van der Waals surface area contributed by atoms with Crippen molar-refractivity contribution in [2.45, 2.75) is 6.54 Å². The number of hydrogen-bond acceptors (Lipinski definition) is 5. The fourth-order valence-corrected chi connectivity index (χ4v) is 3.61. The summed E-state index contributed by atoms with van der Waals surface area (Å²) < 4.78 is 5.36. The number of benzene rings is 2. The molecule has 8 nitrogen and oxygen atoms in total. The number of carbonyl (C=O) groups excluding carboxylic acids is 1. The first-order chi connectivity index (χ1) is 14.4. The summed E-state index contributed by atoms with van der Waals surface area (Å²) in [7, 11) is 0. The van der Waals surface area contributed by atoms with E-state index in [1.165, 1.54) is 6.07 Å². The van der Waals surface area contributed by atoms with Crippen LogP contribution in [-0.2, 0) is 11.3 Å². The Morgan fingerprint density at radius 1 is 1.20 bits per heavy atom. The van der Waals surface area contributed by atoms with Gasteiger partial charge < -0.3 is 15.0 Å². The van der Waals surface area contributed by atoms with Gasteiger partial charge in [0.1, 0.15) is 0 Å². The van der Waals surface area contributed by atoms with Crippen LogP contribution in [0.2, 0.25) is 10.0 Å². The van der Waals surface area contributed by atoms with E-state index in [4.69, 9.17) is 27.9 Å². The standard InChI is InChI=1S/C20H22Cl2N4O4/c21-16-5-6-18(17(22)13-16)23-20(27)25(8-7-24-9-11-30-12-10-24)14-15-3-1-2-4-19(15)26(28)29/h1-6,13H,7-12,14H2,(H,23,27). The predicted molar refractivity (Wildman–Crippen MR) is 116 cm³/mol. The van der Waals surface area contributed by atoms with E-state index in [2.05, 4.69) is 10.2 Å². The highest BCUT2D eigenvalue weighted by atomic mass is 35.5. The number of para-hydroxylation sites is 1. The second kappa shape index (κ2) is 10.6. The molecule has 10 heteroatoms. The highest BCUT2D eigenvalue weighted by Gasteiger charge is 2.22. The summed E-state index contributed by atoms with van der Waals surface area (Å²) >= 11 is 12.1. The van der Waals surface area contributed by atoms with Crippen LogP contribution >= 0.6 is 23.2 Å². The van der Waals surface area contributed by atoms with Gasteiger partial charge in [-0.15, -0.1) is 0 Å². The summed E-state index contributed by atoms with van der Waals surface area (Å²) in [5, 5.41) is 14.9. The lowest BCUT2D eigenvalue weighted by Gasteiger charge is -2.30. The fourth-order valence-electron chi connectivity index (χ4n) is 3.15. The third kappa shape index (κ3) is 6.06. The van der Waals surface area contributed by atoms with E-state index in [1.54, 1.807) is 41.3 Å². The molecule has 160 valence electrons. The molecule has 30 heavy (non-hydrogen) atoms. The normalized spacial score (nSPS) is 14.3. The first-order valence-corrected chi connectivity index (χ1v) is 10.2. The molecule has 1 aliphatic heterocycles. The number of halogens is 2. The van der Waals surface area contributed by atoms with Crippen LogP contribution in [0.4, 0.5) is 16.2 Å². The van der Waals surface area contributed by atoms with Crippen molar-refractivity contribution in [2.75, 3.05) is 44.7 Å². The van der Waals surface area contributed by atoms with Crippen LogP contribution in [0.5, 0.6) is 0 Å². The molecule has 0 radical (unpaired) electrons. The molecule has 1 aliphatic rings. The maximum Gasteiger partial charge on any atom is 0.322 e. The second-order valence-electron chi connectivity index (χ2n) is 6.82. The summed E-state index contributed by atoms with van der Waals surface area (Å²) in [6.45, 7) is 3.98. The summed E-state index contributed by atoms with van der Waals surface area (Å²) in [5.74, 6) is 0. The van der Waals surface area contributed by atoms with E-state index in [9.17, 15) is 14.9 Å². The van der Waals surface area contributed by atoms with Crippen molar-refractivity contribution in [1.82, 2.24) is 9.80 Å². The van der Waals surface area contributed by atoms with Gasteiger partial charge in [-0.3, -0.25) is 15.0 Å². The Balaban J connectivity index is 1.77. The zero-order valence-corrected chi connectivity index (χ0v) is 17.7. The number of nitrogens with one attached hydrogen (secondary N) is 1. The minimum Gasteiger partial charge on any atom is -0.379 e. The molecule has 1 N–H and O–H groups in total. The van der Waals surface area contributed by atoms with Crippen LogP contribution in [0.1, 0.15) is 5.56 Å². The molecule has 0 bridgehead atoms. The number of anilines is 1. The van der Waals surface area contributed by atoms with Crippen molar-refractivity contribution < 1.29 is 14.5 Å². The van der Waals surface area contributed by atoms with Crippen LogP contribution < -0.4 is 5.32 Å². The molecule has 2 amide bonds. The van der Waals surface area contributed by atoms with Gasteiger partial charge in [0.2, 0.25) is 0 Å². The molecule has 3 rings (SSSR count). The first kappa shape index (κ1) is 22.3. The van der Waals surface area contributed by atoms with Crippen LogP contribution in [0, 0.1) is 10.1 Å².